The number of H-pyrrole nitrogens is 1. The highest BCUT2D eigenvalue weighted by atomic mass is 16.5. The monoisotopic (exact) mass is 591 g/mol. The number of aryl methyl sites for hydroxylation is 1. The number of imidazole rings is 1. The van der Waals surface area contributed by atoms with E-state index in [4.69, 9.17) is 9.72 Å². The first-order chi connectivity index (χ1) is 21.5. The number of carbonyl (C=O) groups is 1. The van der Waals surface area contributed by atoms with E-state index in [0.717, 1.165) is 52.1 Å². The second kappa shape index (κ2) is 13.7. The first kappa shape index (κ1) is 29.4. The normalized spacial score (nSPS) is 18.1. The average Bonchev–Trinajstić information content (AvgIpc) is 3.50. The van der Waals surface area contributed by atoms with Crippen LogP contribution in [0.15, 0.2) is 109 Å². The van der Waals surface area contributed by atoms with Crippen molar-refractivity contribution in [2.75, 3.05) is 18.5 Å². The number of morpholine rings is 1. The quantitative estimate of drug-likeness (QED) is 0.113. The van der Waals surface area contributed by atoms with E-state index in [2.05, 4.69) is 20.9 Å². The summed E-state index contributed by atoms with van der Waals surface area (Å²) in [6, 6.07) is 34.2. The van der Waals surface area contributed by atoms with E-state index in [1.54, 1.807) is 0 Å². The first-order valence-electron chi connectivity index (χ1n) is 15.0. The van der Waals surface area contributed by atoms with Crippen molar-refractivity contribution in [3.8, 4) is 0 Å². The predicted molar refractivity (Wildman–Crippen MR) is 171 cm³/mol. The number of anilines is 1. The van der Waals surface area contributed by atoms with Gasteiger partial charge in [-0.25, -0.2) is 9.78 Å². The topological polar surface area (TPSA) is 132 Å². The zero-order chi connectivity index (χ0) is 30.3. The van der Waals surface area contributed by atoms with Crippen molar-refractivity contribution in [1.29, 1.82) is 0 Å². The summed E-state index contributed by atoms with van der Waals surface area (Å²) in [5.74, 6) is 0.451. The molecule has 0 spiro atoms. The van der Waals surface area contributed by atoms with Gasteiger partial charge < -0.3 is 35.9 Å². The molecule has 1 aromatic heterocycles. The number of nitrogens with one attached hydrogen (secondary N) is 4. The maximum Gasteiger partial charge on any atom is 0.405 e. The number of aliphatic hydroxyl groups excluding tert-OH is 1. The third kappa shape index (κ3) is 6.92. The van der Waals surface area contributed by atoms with Crippen molar-refractivity contribution in [2.24, 2.45) is 0 Å². The van der Waals surface area contributed by atoms with Gasteiger partial charge in [0, 0.05) is 18.2 Å². The van der Waals surface area contributed by atoms with Crippen LogP contribution in [0.25, 0.3) is 11.0 Å². The van der Waals surface area contributed by atoms with Gasteiger partial charge in [-0.05, 0) is 47.7 Å². The third-order valence-corrected chi connectivity index (χ3v) is 8.19. The zero-order valence-corrected chi connectivity index (χ0v) is 24.3. The average molecular weight is 592 g/mol. The second-order valence-electron chi connectivity index (χ2n) is 11.1. The summed E-state index contributed by atoms with van der Waals surface area (Å²) in [6.07, 6.45) is -0.897. The molecule has 4 aromatic carbocycles. The van der Waals surface area contributed by atoms with Crippen molar-refractivity contribution in [3.63, 3.8) is 0 Å². The van der Waals surface area contributed by atoms with Gasteiger partial charge in [-0.2, -0.15) is 0 Å². The Labute approximate surface area is 256 Å². The summed E-state index contributed by atoms with van der Waals surface area (Å²) in [5, 5.41) is 30.7. The molecule has 6 rings (SSSR count). The predicted octanol–water partition coefficient (Wildman–Crippen LogP) is 5.42. The Balaban J connectivity index is 1.13. The van der Waals surface area contributed by atoms with Gasteiger partial charge in [0.25, 0.3) is 0 Å². The lowest BCUT2D eigenvalue weighted by Crippen LogP contribution is -2.50. The van der Waals surface area contributed by atoms with Crippen molar-refractivity contribution in [3.05, 3.63) is 132 Å². The van der Waals surface area contributed by atoms with Crippen LogP contribution in [0.3, 0.4) is 0 Å². The van der Waals surface area contributed by atoms with Gasteiger partial charge in [-0.1, -0.05) is 91.0 Å². The molecule has 6 N–H and O–H groups in total. The number of hydrogen-bond donors (Lipinski definition) is 6. The number of aromatic nitrogens is 2. The first-order valence-corrected chi connectivity index (χ1v) is 15.0. The van der Waals surface area contributed by atoms with Crippen LogP contribution >= 0.6 is 0 Å². The number of aliphatic hydroxyl groups is 1. The fourth-order valence-electron chi connectivity index (χ4n) is 5.98. The van der Waals surface area contributed by atoms with E-state index < -0.39 is 24.3 Å². The maximum atomic E-state index is 12.0. The minimum absolute atomic E-state index is 0.00333. The Morgan fingerprint density at radius 1 is 0.909 bits per heavy atom. The van der Waals surface area contributed by atoms with Gasteiger partial charge in [0.05, 0.1) is 35.8 Å². The summed E-state index contributed by atoms with van der Waals surface area (Å²) in [6.45, 7) is 1.21. The molecule has 4 unspecified atom stereocenters. The van der Waals surface area contributed by atoms with Crippen molar-refractivity contribution in [2.45, 2.75) is 43.2 Å². The van der Waals surface area contributed by atoms with E-state index in [9.17, 15) is 15.0 Å². The van der Waals surface area contributed by atoms with E-state index in [1.807, 2.05) is 109 Å². The Hall–Kier alpha value is -4.70. The number of aromatic amines is 1. The van der Waals surface area contributed by atoms with E-state index in [1.165, 1.54) is 0 Å². The molecule has 44 heavy (non-hydrogen) atoms. The van der Waals surface area contributed by atoms with Crippen molar-refractivity contribution < 1.29 is 19.7 Å². The molecule has 226 valence electrons. The molecule has 1 aliphatic heterocycles. The molecule has 9 nitrogen and oxygen atoms in total. The largest absolute Gasteiger partial charge is 0.465 e. The highest BCUT2D eigenvalue weighted by Crippen LogP contribution is 2.31. The summed E-state index contributed by atoms with van der Waals surface area (Å²) >= 11 is 0. The highest BCUT2D eigenvalue weighted by Gasteiger charge is 2.33. The summed E-state index contributed by atoms with van der Waals surface area (Å²) in [7, 11) is 0. The number of amides is 1. The van der Waals surface area contributed by atoms with E-state index in [0.29, 0.717) is 13.2 Å². The molecule has 1 fully saturated rings. The van der Waals surface area contributed by atoms with Crippen molar-refractivity contribution >= 4 is 22.8 Å². The minimum Gasteiger partial charge on any atom is -0.465 e. The third-order valence-electron chi connectivity index (χ3n) is 8.19. The molecule has 1 amide bonds. The molecule has 1 aliphatic rings. The number of fused-ring (bicyclic) bond motifs is 1. The van der Waals surface area contributed by atoms with Crippen LogP contribution in [0.1, 0.15) is 40.9 Å². The Morgan fingerprint density at radius 3 is 2.23 bits per heavy atom. The summed E-state index contributed by atoms with van der Waals surface area (Å²) in [5.41, 5.74) is 5.51. The van der Waals surface area contributed by atoms with Crippen molar-refractivity contribution in [1.82, 2.24) is 20.6 Å². The van der Waals surface area contributed by atoms with Crippen LogP contribution in [0.5, 0.6) is 0 Å². The molecule has 0 radical (unpaired) electrons. The Bertz CT molecular complexity index is 1580. The number of carboxylic acid groups (broad SMARTS) is 1. The van der Waals surface area contributed by atoms with Gasteiger partial charge in [0.1, 0.15) is 12.1 Å². The second-order valence-corrected chi connectivity index (χ2v) is 11.1. The molecular weight excluding hydrogens is 554 g/mol. The molecule has 0 aliphatic carbocycles. The minimum atomic E-state index is -1.21. The molecule has 4 atom stereocenters. The molecule has 2 heterocycles. The lowest BCUT2D eigenvalue weighted by atomic mass is 9.84. The van der Waals surface area contributed by atoms with Crippen LogP contribution in [0.4, 0.5) is 10.5 Å². The van der Waals surface area contributed by atoms with E-state index >= 15 is 0 Å². The molecule has 1 saturated heterocycles. The number of ether oxygens (including phenoxy) is 1. The number of nitrogens with zero attached hydrogens (tertiary/aromatic N) is 1. The molecule has 5 aromatic rings. The van der Waals surface area contributed by atoms with E-state index in [-0.39, 0.29) is 12.1 Å². The lowest BCUT2D eigenvalue weighted by molar-refractivity contribution is -0.00197. The van der Waals surface area contributed by atoms with Gasteiger partial charge in [0.15, 0.2) is 0 Å². The lowest BCUT2D eigenvalue weighted by Gasteiger charge is -2.33. The van der Waals surface area contributed by atoms with Crippen LogP contribution in [0, 0.1) is 0 Å². The fraction of sp³-hybridized carbons (Fsp3) is 0.257. The zero-order valence-electron chi connectivity index (χ0n) is 24.3. The Kier molecular flexibility index (Phi) is 9.17. The summed E-state index contributed by atoms with van der Waals surface area (Å²) < 4.78 is 6.23. The molecule has 0 bridgehead atoms. The molecule has 9 heteroatoms. The molecule has 0 saturated carbocycles. The van der Waals surface area contributed by atoms with Crippen LogP contribution in [-0.2, 0) is 11.2 Å². The Morgan fingerprint density at radius 2 is 1.57 bits per heavy atom. The SMILES string of the molecule is O=C(O)NC(C(O)Nc1ccccc1CCC1CNC(c2nc3ccccc3[nH]2)CO1)C(c1ccccc1)c1ccccc1. The number of benzene rings is 4. The van der Waals surface area contributed by atoms with Crippen LogP contribution < -0.4 is 16.0 Å². The number of para-hydroxylation sites is 3. The number of rotatable bonds is 11. The highest BCUT2D eigenvalue weighted by molar-refractivity contribution is 5.74. The van der Waals surface area contributed by atoms with Crippen LogP contribution in [0.2, 0.25) is 0 Å². The van der Waals surface area contributed by atoms with Crippen LogP contribution in [-0.4, -0.2) is 57.8 Å². The molecular formula is C35H37N5O4. The summed E-state index contributed by atoms with van der Waals surface area (Å²) in [4.78, 5) is 20.1. The van der Waals surface area contributed by atoms with Gasteiger partial charge in [-0.3, -0.25) is 0 Å². The fourth-order valence-corrected chi connectivity index (χ4v) is 5.98. The maximum absolute atomic E-state index is 12.0. The standard InChI is InChI=1S/C35H37N5O4/c41-34(32(40-35(42)43)31(24-12-3-1-4-13-24)25-14-5-2-6-15-25)39-27-16-8-7-11-23(27)19-20-26-21-36-30(22-44-26)33-37-28-17-9-10-18-29(28)38-33/h1-18,26,30-32,34,36,39-41H,19-22H2,(H,37,38)(H,42,43). The smallest absolute Gasteiger partial charge is 0.405 e. The van der Waals surface area contributed by atoms with Gasteiger partial charge >= 0.3 is 6.09 Å². The van der Waals surface area contributed by atoms with Gasteiger partial charge in [0.2, 0.25) is 0 Å². The van der Waals surface area contributed by atoms with Gasteiger partial charge in [-0.15, -0.1) is 0 Å². The number of hydrogen-bond acceptors (Lipinski definition) is 6.